The second-order valence-corrected chi connectivity index (χ2v) is 5.46. The Labute approximate surface area is 121 Å². The highest BCUT2D eigenvalue weighted by Gasteiger charge is 2.22. The van der Waals surface area contributed by atoms with Crippen LogP contribution in [0.4, 0.5) is 5.82 Å². The Hall–Kier alpha value is -1.58. The Kier molecular flexibility index (Phi) is 5.39. The average molecular weight is 275 g/mol. The molecular weight excluding hydrogens is 250 g/mol. The van der Waals surface area contributed by atoms with Crippen molar-refractivity contribution in [3.8, 4) is 0 Å². The maximum atomic E-state index is 12.2. The van der Waals surface area contributed by atoms with Gasteiger partial charge >= 0.3 is 0 Å². The summed E-state index contributed by atoms with van der Waals surface area (Å²) in [6, 6.07) is 3.99. The first-order valence-corrected chi connectivity index (χ1v) is 7.70. The van der Waals surface area contributed by atoms with Crippen LogP contribution in [0.25, 0.3) is 0 Å². The average Bonchev–Trinajstić information content (AvgIpc) is 2.64. The molecule has 1 saturated heterocycles. The summed E-state index contributed by atoms with van der Waals surface area (Å²) in [5.41, 5.74) is 1.11. The van der Waals surface area contributed by atoms with Crippen LogP contribution in [0, 0.1) is 5.92 Å². The standard InChI is InChI=1S/C16H25N3O/c1-3-13-7-8-15(20)19(11-9-13)12-14-6-5-10-18-16(14)17-4-2/h5-6,10,13H,3-4,7-9,11-12H2,1-2H3,(H,17,18). The smallest absolute Gasteiger partial charge is 0.222 e. The second-order valence-electron chi connectivity index (χ2n) is 5.46. The number of amides is 1. The van der Waals surface area contributed by atoms with Crippen LogP contribution in [-0.2, 0) is 11.3 Å². The van der Waals surface area contributed by atoms with Crippen molar-refractivity contribution in [3.63, 3.8) is 0 Å². The Bertz CT molecular complexity index is 447. The number of hydrogen-bond acceptors (Lipinski definition) is 3. The van der Waals surface area contributed by atoms with E-state index in [2.05, 4.69) is 30.2 Å². The fraction of sp³-hybridized carbons (Fsp3) is 0.625. The summed E-state index contributed by atoms with van der Waals surface area (Å²) < 4.78 is 0. The number of pyridine rings is 1. The molecule has 1 aliphatic rings. The van der Waals surface area contributed by atoms with Crippen molar-refractivity contribution in [1.82, 2.24) is 9.88 Å². The lowest BCUT2D eigenvalue weighted by atomic mass is 9.98. The van der Waals surface area contributed by atoms with Crippen LogP contribution in [0.15, 0.2) is 18.3 Å². The molecule has 0 aromatic carbocycles. The molecule has 1 aliphatic heterocycles. The first-order valence-electron chi connectivity index (χ1n) is 7.70. The first kappa shape index (κ1) is 14.8. The van der Waals surface area contributed by atoms with Gasteiger partial charge in [0.15, 0.2) is 0 Å². The number of anilines is 1. The molecule has 20 heavy (non-hydrogen) atoms. The fourth-order valence-electron chi connectivity index (χ4n) is 2.77. The van der Waals surface area contributed by atoms with Gasteiger partial charge in [-0.1, -0.05) is 19.4 Å². The van der Waals surface area contributed by atoms with Gasteiger partial charge in [0.05, 0.1) is 0 Å². The summed E-state index contributed by atoms with van der Waals surface area (Å²) in [7, 11) is 0. The van der Waals surface area contributed by atoms with Gasteiger partial charge in [-0.15, -0.1) is 0 Å². The van der Waals surface area contributed by atoms with Crippen molar-refractivity contribution in [2.24, 2.45) is 5.92 Å². The zero-order chi connectivity index (χ0) is 14.4. The molecule has 0 saturated carbocycles. The minimum Gasteiger partial charge on any atom is -0.370 e. The highest BCUT2D eigenvalue weighted by molar-refractivity contribution is 5.76. The van der Waals surface area contributed by atoms with Gasteiger partial charge in [0.2, 0.25) is 5.91 Å². The third-order valence-corrected chi connectivity index (χ3v) is 4.10. The molecule has 1 aromatic heterocycles. The van der Waals surface area contributed by atoms with Crippen LogP contribution in [-0.4, -0.2) is 28.9 Å². The summed E-state index contributed by atoms with van der Waals surface area (Å²) in [5, 5.41) is 3.27. The van der Waals surface area contributed by atoms with Crippen LogP contribution < -0.4 is 5.32 Å². The molecule has 4 nitrogen and oxygen atoms in total. The van der Waals surface area contributed by atoms with Crippen molar-refractivity contribution in [2.45, 2.75) is 46.1 Å². The van der Waals surface area contributed by atoms with Crippen LogP contribution in [0.5, 0.6) is 0 Å². The lowest BCUT2D eigenvalue weighted by Gasteiger charge is -2.22. The molecule has 1 unspecified atom stereocenters. The van der Waals surface area contributed by atoms with Gasteiger partial charge in [0, 0.05) is 37.8 Å². The Morgan fingerprint density at radius 2 is 2.25 bits per heavy atom. The minimum atomic E-state index is 0.284. The van der Waals surface area contributed by atoms with Crippen LogP contribution in [0.2, 0.25) is 0 Å². The van der Waals surface area contributed by atoms with E-state index in [0.29, 0.717) is 18.9 Å². The van der Waals surface area contributed by atoms with E-state index in [1.54, 1.807) is 6.20 Å². The Morgan fingerprint density at radius 3 is 3.00 bits per heavy atom. The second kappa shape index (κ2) is 7.27. The summed E-state index contributed by atoms with van der Waals surface area (Å²) in [6.45, 7) is 6.66. The van der Waals surface area contributed by atoms with Crippen molar-refractivity contribution >= 4 is 11.7 Å². The van der Waals surface area contributed by atoms with E-state index < -0.39 is 0 Å². The van der Waals surface area contributed by atoms with E-state index in [9.17, 15) is 4.79 Å². The van der Waals surface area contributed by atoms with Gasteiger partial charge in [0.25, 0.3) is 0 Å². The maximum absolute atomic E-state index is 12.2. The third-order valence-electron chi connectivity index (χ3n) is 4.10. The highest BCUT2D eigenvalue weighted by atomic mass is 16.2. The van der Waals surface area contributed by atoms with E-state index >= 15 is 0 Å². The first-order chi connectivity index (χ1) is 9.74. The predicted octanol–water partition coefficient (Wildman–Crippen LogP) is 3.05. The van der Waals surface area contributed by atoms with Crippen molar-refractivity contribution in [2.75, 3.05) is 18.4 Å². The van der Waals surface area contributed by atoms with Crippen molar-refractivity contribution in [1.29, 1.82) is 0 Å². The normalized spacial score (nSPS) is 19.8. The maximum Gasteiger partial charge on any atom is 0.222 e. The van der Waals surface area contributed by atoms with Crippen LogP contribution >= 0.6 is 0 Å². The Balaban J connectivity index is 2.06. The molecule has 2 rings (SSSR count). The van der Waals surface area contributed by atoms with Gasteiger partial charge < -0.3 is 10.2 Å². The molecule has 0 radical (unpaired) electrons. The molecule has 110 valence electrons. The third kappa shape index (κ3) is 3.71. The zero-order valence-electron chi connectivity index (χ0n) is 12.6. The number of rotatable bonds is 5. The molecule has 0 bridgehead atoms. The molecule has 4 heteroatoms. The monoisotopic (exact) mass is 275 g/mol. The molecular formula is C16H25N3O. The van der Waals surface area contributed by atoms with Gasteiger partial charge in [-0.05, 0) is 31.7 Å². The predicted molar refractivity (Wildman–Crippen MR) is 81.4 cm³/mol. The van der Waals surface area contributed by atoms with E-state index in [-0.39, 0.29) is 5.91 Å². The minimum absolute atomic E-state index is 0.284. The summed E-state index contributed by atoms with van der Waals surface area (Å²) >= 11 is 0. The number of hydrogen-bond donors (Lipinski definition) is 1. The highest BCUT2D eigenvalue weighted by Crippen LogP contribution is 2.23. The molecule has 1 N–H and O–H groups in total. The Morgan fingerprint density at radius 1 is 1.40 bits per heavy atom. The lowest BCUT2D eigenvalue weighted by Crippen LogP contribution is -2.30. The summed E-state index contributed by atoms with van der Waals surface area (Å²) in [5.74, 6) is 1.89. The van der Waals surface area contributed by atoms with E-state index in [1.807, 2.05) is 11.0 Å². The number of carbonyl (C=O) groups is 1. The summed E-state index contributed by atoms with van der Waals surface area (Å²) in [4.78, 5) is 18.6. The molecule has 1 aromatic rings. The zero-order valence-corrected chi connectivity index (χ0v) is 12.6. The van der Waals surface area contributed by atoms with Gasteiger partial charge in [-0.2, -0.15) is 0 Å². The fourth-order valence-corrected chi connectivity index (χ4v) is 2.77. The SMILES string of the molecule is CCNc1ncccc1CN1CCC(CC)CCC1=O. The topological polar surface area (TPSA) is 45.2 Å². The summed E-state index contributed by atoms with van der Waals surface area (Å²) in [6.07, 6.45) is 5.82. The van der Waals surface area contributed by atoms with Crippen molar-refractivity contribution < 1.29 is 4.79 Å². The van der Waals surface area contributed by atoms with Gasteiger partial charge in [-0.3, -0.25) is 4.79 Å². The lowest BCUT2D eigenvalue weighted by molar-refractivity contribution is -0.131. The number of likely N-dealkylation sites (tertiary alicyclic amines) is 1. The molecule has 1 fully saturated rings. The number of nitrogens with one attached hydrogen (secondary N) is 1. The van der Waals surface area contributed by atoms with E-state index in [4.69, 9.17) is 0 Å². The van der Waals surface area contributed by atoms with E-state index in [0.717, 1.165) is 37.3 Å². The number of carbonyl (C=O) groups excluding carboxylic acids is 1. The quantitative estimate of drug-likeness (QED) is 0.898. The van der Waals surface area contributed by atoms with Gasteiger partial charge in [0.1, 0.15) is 5.82 Å². The molecule has 1 atom stereocenters. The molecule has 1 amide bonds. The largest absolute Gasteiger partial charge is 0.370 e. The molecule has 2 heterocycles. The molecule has 0 aliphatic carbocycles. The van der Waals surface area contributed by atoms with Gasteiger partial charge in [-0.25, -0.2) is 4.98 Å². The number of nitrogens with zero attached hydrogens (tertiary/aromatic N) is 2. The van der Waals surface area contributed by atoms with Crippen molar-refractivity contribution in [3.05, 3.63) is 23.9 Å². The number of aromatic nitrogens is 1. The molecule has 0 spiro atoms. The van der Waals surface area contributed by atoms with Crippen LogP contribution in [0.1, 0.15) is 45.1 Å². The van der Waals surface area contributed by atoms with E-state index in [1.165, 1.54) is 6.42 Å². The van der Waals surface area contributed by atoms with Crippen LogP contribution in [0.3, 0.4) is 0 Å².